The highest BCUT2D eigenvalue weighted by Crippen LogP contribution is 2.15. The van der Waals surface area contributed by atoms with Crippen molar-refractivity contribution in [1.82, 2.24) is 4.98 Å². The lowest BCUT2D eigenvalue weighted by Crippen LogP contribution is -2.00. The predicted molar refractivity (Wildman–Crippen MR) is 52.3 cm³/mol. The van der Waals surface area contributed by atoms with E-state index in [2.05, 4.69) is 4.98 Å². The molecule has 4 heteroatoms. The summed E-state index contributed by atoms with van der Waals surface area (Å²) in [4.78, 5) is 16.3. The molecule has 1 aromatic rings. The molecule has 0 saturated heterocycles. The summed E-state index contributed by atoms with van der Waals surface area (Å²) >= 11 is 1.41. The summed E-state index contributed by atoms with van der Waals surface area (Å²) in [5.74, 6) is 0.178. The number of hydrogen-bond acceptors (Lipinski definition) is 4. The van der Waals surface area contributed by atoms with Gasteiger partial charge in [-0.2, -0.15) is 0 Å². The summed E-state index contributed by atoms with van der Waals surface area (Å²) < 4.78 is 4.88. The molecule has 0 radical (unpaired) electrons. The Balaban J connectivity index is 2.45. The Labute approximate surface area is 81.8 Å². The molecule has 13 heavy (non-hydrogen) atoms. The zero-order valence-corrected chi connectivity index (χ0v) is 8.69. The number of carbonyl (C=O) groups excluding carboxylic acids is 1. The van der Waals surface area contributed by atoms with Gasteiger partial charge in [0.05, 0.1) is 16.1 Å². The number of carbonyl (C=O) groups is 1. The first-order valence-corrected chi connectivity index (χ1v) is 5.06. The lowest BCUT2D eigenvalue weighted by Gasteiger charge is -1.98. The third-order valence-electron chi connectivity index (χ3n) is 1.75. The highest BCUT2D eigenvalue weighted by atomic mass is 32.1. The van der Waals surface area contributed by atoms with Gasteiger partial charge in [0, 0.05) is 20.1 Å². The van der Waals surface area contributed by atoms with Crippen molar-refractivity contribution in [2.24, 2.45) is 0 Å². The average molecular weight is 199 g/mol. The monoisotopic (exact) mass is 199 g/mol. The van der Waals surface area contributed by atoms with Crippen molar-refractivity contribution in [3.05, 3.63) is 16.1 Å². The molecule has 0 aliphatic rings. The topological polar surface area (TPSA) is 39.2 Å². The number of Topliss-reactive ketones (excluding diaryl/α,β-unsaturated/α-hetero) is 1. The van der Waals surface area contributed by atoms with Crippen LogP contribution in [0.2, 0.25) is 0 Å². The van der Waals surface area contributed by atoms with Crippen molar-refractivity contribution in [2.75, 3.05) is 13.7 Å². The molecule has 0 aliphatic carbocycles. The maximum Gasteiger partial charge on any atom is 0.174 e. The maximum absolute atomic E-state index is 11.5. The van der Waals surface area contributed by atoms with Crippen LogP contribution in [0.5, 0.6) is 0 Å². The fraction of sp³-hybridized carbons (Fsp3) is 0.556. The summed E-state index contributed by atoms with van der Waals surface area (Å²) in [5.41, 5.74) is 2.55. The minimum Gasteiger partial charge on any atom is -0.385 e. The van der Waals surface area contributed by atoms with E-state index in [9.17, 15) is 4.79 Å². The number of rotatable bonds is 5. The van der Waals surface area contributed by atoms with Gasteiger partial charge >= 0.3 is 0 Å². The molecule has 0 aromatic carbocycles. The Kier molecular flexibility index (Phi) is 4.05. The Morgan fingerprint density at radius 1 is 1.69 bits per heavy atom. The second-order valence-electron chi connectivity index (χ2n) is 2.79. The Morgan fingerprint density at radius 2 is 2.46 bits per heavy atom. The van der Waals surface area contributed by atoms with E-state index in [1.54, 1.807) is 12.6 Å². The van der Waals surface area contributed by atoms with Gasteiger partial charge in [-0.15, -0.1) is 11.3 Å². The molecule has 1 heterocycles. The minimum atomic E-state index is 0.178. The Morgan fingerprint density at radius 3 is 3.00 bits per heavy atom. The van der Waals surface area contributed by atoms with Crippen LogP contribution < -0.4 is 0 Å². The molecule has 0 saturated carbocycles. The van der Waals surface area contributed by atoms with Gasteiger partial charge in [0.1, 0.15) is 0 Å². The van der Waals surface area contributed by atoms with E-state index in [0.717, 1.165) is 17.0 Å². The van der Waals surface area contributed by atoms with E-state index in [4.69, 9.17) is 4.74 Å². The van der Waals surface area contributed by atoms with Crippen LogP contribution in [0.15, 0.2) is 5.51 Å². The lowest BCUT2D eigenvalue weighted by molar-refractivity contribution is 0.0966. The highest BCUT2D eigenvalue weighted by Gasteiger charge is 2.10. The molecular weight excluding hydrogens is 186 g/mol. The number of aromatic nitrogens is 1. The summed E-state index contributed by atoms with van der Waals surface area (Å²) in [7, 11) is 1.64. The number of nitrogens with zero attached hydrogens (tertiary/aromatic N) is 1. The molecule has 1 aromatic heterocycles. The predicted octanol–water partition coefficient (Wildman–Crippen LogP) is 2.06. The number of thiazole rings is 1. The van der Waals surface area contributed by atoms with Crippen molar-refractivity contribution in [3.8, 4) is 0 Å². The molecule has 0 fully saturated rings. The standard InChI is InChI=1S/C9H13NO2S/c1-7-9(13-6-10-7)8(11)4-3-5-12-2/h6H,3-5H2,1-2H3. The van der Waals surface area contributed by atoms with Crippen LogP contribution >= 0.6 is 11.3 Å². The van der Waals surface area contributed by atoms with Crippen LogP contribution in [0.25, 0.3) is 0 Å². The van der Waals surface area contributed by atoms with Crippen LogP contribution in [0, 0.1) is 6.92 Å². The number of aryl methyl sites for hydroxylation is 1. The first-order valence-electron chi connectivity index (χ1n) is 4.18. The van der Waals surface area contributed by atoms with E-state index in [1.807, 2.05) is 6.92 Å². The lowest BCUT2D eigenvalue weighted by atomic mass is 10.2. The molecule has 0 bridgehead atoms. The molecule has 0 aliphatic heterocycles. The fourth-order valence-corrected chi connectivity index (χ4v) is 1.83. The summed E-state index contributed by atoms with van der Waals surface area (Å²) in [6, 6.07) is 0. The van der Waals surface area contributed by atoms with Gasteiger partial charge < -0.3 is 4.74 Å². The Hall–Kier alpha value is -0.740. The van der Waals surface area contributed by atoms with Crippen molar-refractivity contribution in [3.63, 3.8) is 0 Å². The largest absolute Gasteiger partial charge is 0.385 e. The van der Waals surface area contributed by atoms with Gasteiger partial charge in [-0.05, 0) is 13.3 Å². The fourth-order valence-electron chi connectivity index (χ4n) is 1.06. The smallest absolute Gasteiger partial charge is 0.174 e. The molecular formula is C9H13NO2S. The zero-order valence-electron chi connectivity index (χ0n) is 7.87. The van der Waals surface area contributed by atoms with Crippen LogP contribution in [0.1, 0.15) is 28.2 Å². The zero-order chi connectivity index (χ0) is 9.68. The molecule has 3 nitrogen and oxygen atoms in total. The van der Waals surface area contributed by atoms with Gasteiger partial charge in [-0.1, -0.05) is 0 Å². The Bertz CT molecular complexity index is 283. The van der Waals surface area contributed by atoms with Crippen LogP contribution in [-0.4, -0.2) is 24.5 Å². The second-order valence-corrected chi connectivity index (χ2v) is 3.64. The van der Waals surface area contributed by atoms with Crippen molar-refractivity contribution in [2.45, 2.75) is 19.8 Å². The molecule has 0 spiro atoms. The molecule has 1 rings (SSSR count). The number of ether oxygens (including phenoxy) is 1. The highest BCUT2D eigenvalue weighted by molar-refractivity contribution is 7.11. The number of hydrogen-bond donors (Lipinski definition) is 0. The summed E-state index contributed by atoms with van der Waals surface area (Å²) in [6.07, 6.45) is 1.34. The quantitative estimate of drug-likeness (QED) is 0.538. The molecule has 0 N–H and O–H groups in total. The van der Waals surface area contributed by atoms with Crippen molar-refractivity contribution in [1.29, 1.82) is 0 Å². The van der Waals surface area contributed by atoms with Gasteiger partial charge in [0.25, 0.3) is 0 Å². The van der Waals surface area contributed by atoms with Crippen molar-refractivity contribution >= 4 is 17.1 Å². The van der Waals surface area contributed by atoms with Gasteiger partial charge in [0.15, 0.2) is 5.78 Å². The SMILES string of the molecule is COCCCC(=O)c1scnc1C. The summed E-state index contributed by atoms with van der Waals surface area (Å²) in [5, 5.41) is 0. The van der Waals surface area contributed by atoms with Gasteiger partial charge in [-0.3, -0.25) is 4.79 Å². The van der Waals surface area contributed by atoms with E-state index in [-0.39, 0.29) is 5.78 Å². The average Bonchev–Trinajstić information content (AvgIpc) is 2.52. The third-order valence-corrected chi connectivity index (χ3v) is 2.72. The van der Waals surface area contributed by atoms with E-state index in [0.29, 0.717) is 13.0 Å². The second kappa shape index (κ2) is 5.09. The van der Waals surface area contributed by atoms with Gasteiger partial charge in [0.2, 0.25) is 0 Å². The van der Waals surface area contributed by atoms with E-state index >= 15 is 0 Å². The van der Waals surface area contributed by atoms with Crippen LogP contribution in [0.3, 0.4) is 0 Å². The molecule has 0 atom stereocenters. The third kappa shape index (κ3) is 2.90. The maximum atomic E-state index is 11.5. The summed E-state index contributed by atoms with van der Waals surface area (Å²) in [6.45, 7) is 2.50. The first kappa shape index (κ1) is 10.3. The minimum absolute atomic E-state index is 0.178. The van der Waals surface area contributed by atoms with E-state index < -0.39 is 0 Å². The van der Waals surface area contributed by atoms with Gasteiger partial charge in [-0.25, -0.2) is 4.98 Å². The molecule has 0 amide bonds. The first-order chi connectivity index (χ1) is 6.25. The van der Waals surface area contributed by atoms with Crippen LogP contribution in [0.4, 0.5) is 0 Å². The molecule has 0 unspecified atom stereocenters. The molecule has 72 valence electrons. The van der Waals surface area contributed by atoms with E-state index in [1.165, 1.54) is 11.3 Å². The normalized spacial score (nSPS) is 10.3. The number of methoxy groups -OCH3 is 1. The number of ketones is 1. The van der Waals surface area contributed by atoms with Crippen molar-refractivity contribution < 1.29 is 9.53 Å². The van der Waals surface area contributed by atoms with Crippen LogP contribution in [-0.2, 0) is 4.74 Å².